The van der Waals surface area contributed by atoms with E-state index in [-0.39, 0.29) is 12.0 Å². The predicted molar refractivity (Wildman–Crippen MR) is 114 cm³/mol. The van der Waals surface area contributed by atoms with Gasteiger partial charge in [0.25, 0.3) is 0 Å². The maximum Gasteiger partial charge on any atom is 0.133 e. The molecule has 0 bridgehead atoms. The minimum Gasteiger partial charge on any atom is -0.494 e. The summed E-state index contributed by atoms with van der Waals surface area (Å²) in [5.41, 5.74) is 2.39. The first kappa shape index (κ1) is 20.2. The van der Waals surface area contributed by atoms with Gasteiger partial charge in [0, 0.05) is 18.5 Å². The largest absolute Gasteiger partial charge is 0.494 e. The van der Waals surface area contributed by atoms with Gasteiger partial charge in [0.1, 0.15) is 23.4 Å². The summed E-state index contributed by atoms with van der Waals surface area (Å²) in [6.45, 7) is 8.61. The van der Waals surface area contributed by atoms with Crippen molar-refractivity contribution in [2.24, 2.45) is 0 Å². The maximum atomic E-state index is 11.8. The van der Waals surface area contributed by atoms with E-state index >= 15 is 0 Å². The van der Waals surface area contributed by atoms with Gasteiger partial charge in [-0.05, 0) is 61.2 Å². The summed E-state index contributed by atoms with van der Waals surface area (Å²) in [4.78, 5) is 14.2. The molecule has 0 aromatic heterocycles. The average Bonchev–Trinajstić information content (AvgIpc) is 2.66. The summed E-state index contributed by atoms with van der Waals surface area (Å²) in [6, 6.07) is 16.4. The molecule has 1 aliphatic rings. The quantitative estimate of drug-likeness (QED) is 0.566. The van der Waals surface area contributed by atoms with E-state index in [4.69, 9.17) is 9.47 Å². The molecule has 0 radical (unpaired) electrons. The number of carbonyl (C=O) groups is 1. The molecule has 1 saturated heterocycles. The van der Waals surface area contributed by atoms with Gasteiger partial charge in [-0.25, -0.2) is 0 Å². The van der Waals surface area contributed by atoms with Crippen molar-refractivity contribution in [1.29, 1.82) is 0 Å². The van der Waals surface area contributed by atoms with E-state index in [9.17, 15) is 4.79 Å². The van der Waals surface area contributed by atoms with Gasteiger partial charge in [-0.1, -0.05) is 26.0 Å². The zero-order valence-electron chi connectivity index (χ0n) is 17.2. The Bertz CT molecular complexity index is 748. The normalized spacial score (nSPS) is 15.0. The van der Waals surface area contributed by atoms with E-state index in [0.29, 0.717) is 25.2 Å². The number of nitrogens with zero attached hydrogens (tertiary/aromatic N) is 1. The van der Waals surface area contributed by atoms with Crippen molar-refractivity contribution in [3.05, 3.63) is 54.1 Å². The Morgan fingerprint density at radius 3 is 2.29 bits per heavy atom. The lowest BCUT2D eigenvalue weighted by molar-refractivity contribution is -0.119. The zero-order chi connectivity index (χ0) is 19.9. The fraction of sp³-hybridized carbons (Fsp3) is 0.458. The molecule has 4 heteroatoms. The van der Waals surface area contributed by atoms with Gasteiger partial charge in [-0.15, -0.1) is 0 Å². The predicted octanol–water partition coefficient (Wildman–Crippen LogP) is 5.22. The maximum absolute atomic E-state index is 11.8. The Kier molecular flexibility index (Phi) is 6.96. The molecule has 150 valence electrons. The number of hydrogen-bond donors (Lipinski definition) is 0. The summed E-state index contributed by atoms with van der Waals surface area (Å²) in [6.07, 6.45) is 2.43. The Balaban J connectivity index is 1.46. The topological polar surface area (TPSA) is 38.8 Å². The Morgan fingerprint density at radius 1 is 1.04 bits per heavy atom. The van der Waals surface area contributed by atoms with Crippen LogP contribution in [0.1, 0.15) is 51.5 Å². The first-order valence-electron chi connectivity index (χ1n) is 10.3. The molecule has 0 N–H and O–H groups in total. The lowest BCUT2D eigenvalue weighted by Crippen LogP contribution is -2.54. The van der Waals surface area contributed by atoms with E-state index in [0.717, 1.165) is 31.0 Å². The van der Waals surface area contributed by atoms with Crippen LogP contribution < -0.4 is 14.4 Å². The van der Waals surface area contributed by atoms with Crippen LogP contribution in [0.3, 0.4) is 0 Å². The molecule has 28 heavy (non-hydrogen) atoms. The number of rotatable bonds is 10. The van der Waals surface area contributed by atoms with Crippen molar-refractivity contribution in [2.45, 2.75) is 52.1 Å². The van der Waals surface area contributed by atoms with E-state index in [1.54, 1.807) is 0 Å². The fourth-order valence-electron chi connectivity index (χ4n) is 3.55. The highest BCUT2D eigenvalue weighted by molar-refractivity contribution is 5.79. The first-order chi connectivity index (χ1) is 13.6. The van der Waals surface area contributed by atoms with Gasteiger partial charge < -0.3 is 14.4 Å². The Labute approximate surface area is 168 Å². The van der Waals surface area contributed by atoms with Crippen LogP contribution in [0.25, 0.3) is 0 Å². The van der Waals surface area contributed by atoms with Crippen LogP contribution >= 0.6 is 0 Å². The second-order valence-corrected chi connectivity index (χ2v) is 7.53. The molecular weight excluding hydrogens is 350 g/mol. The molecule has 4 nitrogen and oxygen atoms in total. The second kappa shape index (κ2) is 9.63. The molecule has 1 heterocycles. The molecule has 0 saturated carbocycles. The van der Waals surface area contributed by atoms with Gasteiger partial charge in [0.15, 0.2) is 0 Å². The number of benzene rings is 2. The molecule has 0 spiro atoms. The fourth-order valence-corrected chi connectivity index (χ4v) is 3.55. The minimum absolute atomic E-state index is 0.209. The van der Waals surface area contributed by atoms with Crippen LogP contribution in [0.5, 0.6) is 11.5 Å². The smallest absolute Gasteiger partial charge is 0.133 e. The first-order valence-corrected chi connectivity index (χ1v) is 10.3. The lowest BCUT2D eigenvalue weighted by atomic mass is 9.94. The van der Waals surface area contributed by atoms with Crippen molar-refractivity contribution >= 4 is 11.5 Å². The summed E-state index contributed by atoms with van der Waals surface area (Å²) < 4.78 is 11.6. The van der Waals surface area contributed by atoms with E-state index in [1.807, 2.05) is 38.1 Å². The molecule has 1 atom stereocenters. The lowest BCUT2D eigenvalue weighted by Gasteiger charge is -2.40. The number of carbonyl (C=O) groups excluding carboxylic acids is 1. The van der Waals surface area contributed by atoms with Crippen LogP contribution in [0.15, 0.2) is 48.5 Å². The third kappa shape index (κ3) is 5.28. The van der Waals surface area contributed by atoms with Gasteiger partial charge in [0.2, 0.25) is 0 Å². The second-order valence-electron chi connectivity index (χ2n) is 7.53. The highest BCUT2D eigenvalue weighted by Gasteiger charge is 2.28. The standard InChI is InChI=1S/C24H31NO3/c1-4-6-21(26)15-18(3)19-7-11-23(12-8-19)28-24-16-25(17-24)20-9-13-22(14-10-20)27-5-2/h7-14,18,24H,4-6,15-17H2,1-3H3/t18-/m1/s1. The zero-order valence-corrected chi connectivity index (χ0v) is 17.2. The number of hydrogen-bond acceptors (Lipinski definition) is 4. The van der Waals surface area contributed by atoms with E-state index in [2.05, 4.69) is 36.1 Å². The molecule has 2 aromatic carbocycles. The molecule has 3 rings (SSSR count). The van der Waals surface area contributed by atoms with Crippen molar-refractivity contribution < 1.29 is 14.3 Å². The van der Waals surface area contributed by atoms with Gasteiger partial charge in [-0.3, -0.25) is 4.79 Å². The van der Waals surface area contributed by atoms with Gasteiger partial charge in [0.05, 0.1) is 19.7 Å². The summed E-state index contributed by atoms with van der Waals surface area (Å²) in [5, 5.41) is 0. The van der Waals surface area contributed by atoms with E-state index < -0.39 is 0 Å². The Morgan fingerprint density at radius 2 is 1.68 bits per heavy atom. The Hall–Kier alpha value is -2.49. The third-order valence-electron chi connectivity index (χ3n) is 5.18. The van der Waals surface area contributed by atoms with Gasteiger partial charge in [-0.2, -0.15) is 0 Å². The van der Waals surface area contributed by atoms with Crippen LogP contribution in [0, 0.1) is 0 Å². The number of anilines is 1. The van der Waals surface area contributed by atoms with Crippen molar-refractivity contribution in [1.82, 2.24) is 0 Å². The third-order valence-corrected chi connectivity index (χ3v) is 5.18. The van der Waals surface area contributed by atoms with Crippen molar-refractivity contribution in [3.8, 4) is 11.5 Å². The van der Waals surface area contributed by atoms with Crippen LogP contribution in [0.4, 0.5) is 5.69 Å². The molecule has 1 fully saturated rings. The van der Waals surface area contributed by atoms with Crippen molar-refractivity contribution in [2.75, 3.05) is 24.6 Å². The van der Waals surface area contributed by atoms with Crippen LogP contribution in [-0.2, 0) is 4.79 Å². The SMILES string of the molecule is CCCC(=O)C[C@@H](C)c1ccc(OC2CN(c3ccc(OCC)cc3)C2)cc1. The highest BCUT2D eigenvalue weighted by atomic mass is 16.5. The van der Waals surface area contributed by atoms with Crippen molar-refractivity contribution in [3.63, 3.8) is 0 Å². The average molecular weight is 382 g/mol. The highest BCUT2D eigenvalue weighted by Crippen LogP contribution is 2.27. The number of ether oxygens (including phenoxy) is 2. The number of ketones is 1. The molecule has 2 aromatic rings. The van der Waals surface area contributed by atoms with E-state index in [1.165, 1.54) is 11.3 Å². The molecular formula is C24H31NO3. The van der Waals surface area contributed by atoms with Crippen LogP contribution in [0.2, 0.25) is 0 Å². The number of Topliss-reactive ketones (excluding diaryl/α,β-unsaturated/α-hetero) is 1. The monoisotopic (exact) mass is 381 g/mol. The minimum atomic E-state index is 0.209. The van der Waals surface area contributed by atoms with Gasteiger partial charge >= 0.3 is 0 Å². The molecule has 1 aliphatic heterocycles. The summed E-state index contributed by atoms with van der Waals surface area (Å²) in [7, 11) is 0. The summed E-state index contributed by atoms with van der Waals surface area (Å²) in [5.74, 6) is 2.41. The molecule has 0 aliphatic carbocycles. The summed E-state index contributed by atoms with van der Waals surface area (Å²) >= 11 is 0. The van der Waals surface area contributed by atoms with Crippen LogP contribution in [-0.4, -0.2) is 31.6 Å². The molecule has 0 amide bonds. The molecule has 0 unspecified atom stereocenters.